The van der Waals surface area contributed by atoms with Gasteiger partial charge in [0, 0.05) is 51.9 Å². The lowest BCUT2D eigenvalue weighted by molar-refractivity contribution is 0.00314. The highest BCUT2D eigenvalue weighted by Gasteiger charge is 2.43. The van der Waals surface area contributed by atoms with Crippen molar-refractivity contribution in [3.05, 3.63) is 81.6 Å². The van der Waals surface area contributed by atoms with Crippen LogP contribution in [-0.2, 0) is 5.60 Å². The summed E-state index contributed by atoms with van der Waals surface area (Å²) in [5.41, 5.74) is 2.44. The molecule has 1 N–H and O–H groups in total. The predicted molar refractivity (Wildman–Crippen MR) is 160 cm³/mol. The molecule has 0 saturated carbocycles. The third-order valence-electron chi connectivity index (χ3n) is 6.79. The molecule has 40 heavy (non-hydrogen) atoms. The highest BCUT2D eigenvalue weighted by Crippen LogP contribution is 2.48. The molecule has 4 aromatic rings. The highest BCUT2D eigenvalue weighted by molar-refractivity contribution is 9.10. The first-order valence-corrected chi connectivity index (χ1v) is 14.0. The maximum Gasteiger partial charge on any atom is 0.217 e. The van der Waals surface area contributed by atoms with Gasteiger partial charge in [0.15, 0.2) is 0 Å². The summed E-state index contributed by atoms with van der Waals surface area (Å²) in [5, 5.41) is 14.0. The molecule has 2 atom stereocenters. The van der Waals surface area contributed by atoms with E-state index < -0.39 is 11.5 Å². The van der Waals surface area contributed by atoms with Crippen LogP contribution in [0.4, 0.5) is 0 Å². The largest absolute Gasteiger partial charge is 0.481 e. The maximum atomic E-state index is 13.0. The Bertz CT molecular complexity index is 1480. The lowest BCUT2D eigenvalue weighted by Crippen LogP contribution is -2.38. The Hall–Kier alpha value is -3.27. The Kier molecular flexibility index (Phi) is 9.28. The summed E-state index contributed by atoms with van der Waals surface area (Å²) in [4.78, 5) is 15.8. The van der Waals surface area contributed by atoms with Crippen LogP contribution in [0.5, 0.6) is 17.6 Å². The van der Waals surface area contributed by atoms with Crippen LogP contribution in [0.2, 0.25) is 0 Å². The molecule has 0 spiro atoms. The van der Waals surface area contributed by atoms with Crippen LogP contribution in [0.3, 0.4) is 0 Å². The molecule has 0 bridgehead atoms. The van der Waals surface area contributed by atoms with Gasteiger partial charge in [-0.2, -0.15) is 4.98 Å². The summed E-state index contributed by atoms with van der Waals surface area (Å²) < 4.78 is 18.3. The van der Waals surface area contributed by atoms with E-state index in [1.807, 2.05) is 65.2 Å². The van der Waals surface area contributed by atoms with Crippen molar-refractivity contribution in [2.45, 2.75) is 44.8 Å². The molecular formula is C31H37BrN4O4. The molecule has 0 radical (unpaired) electrons. The van der Waals surface area contributed by atoms with Gasteiger partial charge in [0.2, 0.25) is 17.6 Å². The van der Waals surface area contributed by atoms with Gasteiger partial charge in [-0.3, -0.25) is 4.98 Å². The number of methoxy groups -OCH3 is 2. The summed E-state index contributed by atoms with van der Waals surface area (Å²) in [6, 6.07) is 15.5. The number of fused-ring (bicyclic) bond motifs is 1. The Morgan fingerprint density at radius 1 is 0.975 bits per heavy atom. The molecule has 0 saturated heterocycles. The Labute approximate surface area is 244 Å². The minimum atomic E-state index is -1.45. The van der Waals surface area contributed by atoms with Crippen molar-refractivity contribution in [1.29, 1.82) is 0 Å². The number of halogens is 1. The van der Waals surface area contributed by atoms with Crippen molar-refractivity contribution < 1.29 is 19.3 Å². The van der Waals surface area contributed by atoms with E-state index in [-0.39, 0.29) is 6.10 Å². The van der Waals surface area contributed by atoms with E-state index in [1.165, 1.54) is 0 Å². The topological polar surface area (TPSA) is 89.8 Å². The van der Waals surface area contributed by atoms with Crippen molar-refractivity contribution >= 4 is 26.8 Å². The van der Waals surface area contributed by atoms with Crippen LogP contribution in [-0.4, -0.2) is 65.9 Å². The van der Waals surface area contributed by atoms with Gasteiger partial charge in [0.05, 0.1) is 25.8 Å². The van der Waals surface area contributed by atoms with Crippen LogP contribution < -0.4 is 14.2 Å². The molecule has 0 aliphatic carbocycles. The first kappa shape index (κ1) is 29.7. The predicted octanol–water partition coefficient (Wildman–Crippen LogP) is 5.87. The molecule has 0 aliphatic rings. The Morgan fingerprint density at radius 2 is 1.73 bits per heavy atom. The molecule has 4 rings (SSSR count). The van der Waals surface area contributed by atoms with E-state index in [9.17, 15) is 5.11 Å². The van der Waals surface area contributed by atoms with E-state index >= 15 is 0 Å². The van der Waals surface area contributed by atoms with E-state index in [1.54, 1.807) is 32.5 Å². The smallest absolute Gasteiger partial charge is 0.217 e. The van der Waals surface area contributed by atoms with Crippen molar-refractivity contribution in [1.82, 2.24) is 19.9 Å². The number of benzene rings is 1. The van der Waals surface area contributed by atoms with Crippen LogP contribution in [0, 0.1) is 6.92 Å². The second-order valence-electron chi connectivity index (χ2n) is 10.5. The Morgan fingerprint density at radius 3 is 2.38 bits per heavy atom. The number of pyridine rings is 3. The molecular weight excluding hydrogens is 572 g/mol. The number of hydrogen-bond donors (Lipinski definition) is 1. The SMILES string of the molecule is COc1cc(C(O)(CCN(C)C)C(c2ccnc(C)c2)c2cc3cc(Br)ccc3nc2OC)cc(OC(C)C)n1. The zero-order valence-corrected chi connectivity index (χ0v) is 25.7. The van der Waals surface area contributed by atoms with Crippen molar-refractivity contribution in [2.24, 2.45) is 0 Å². The molecule has 0 aliphatic heterocycles. The quantitative estimate of drug-likeness (QED) is 0.226. The number of nitrogens with zero attached hydrogens (tertiary/aromatic N) is 4. The second kappa shape index (κ2) is 12.5. The van der Waals surface area contributed by atoms with Crippen molar-refractivity contribution in [2.75, 3.05) is 34.9 Å². The molecule has 1 aromatic carbocycles. The van der Waals surface area contributed by atoms with Gasteiger partial charge in [0.1, 0.15) is 5.60 Å². The molecule has 0 amide bonds. The minimum Gasteiger partial charge on any atom is -0.481 e. The van der Waals surface area contributed by atoms with Gasteiger partial charge in [-0.1, -0.05) is 15.9 Å². The highest BCUT2D eigenvalue weighted by atomic mass is 79.9. The van der Waals surface area contributed by atoms with Crippen LogP contribution in [0.15, 0.2) is 59.2 Å². The fourth-order valence-corrected chi connectivity index (χ4v) is 5.34. The molecule has 3 heterocycles. The molecule has 3 aromatic heterocycles. The van der Waals surface area contributed by atoms with Crippen molar-refractivity contribution in [3.8, 4) is 17.6 Å². The van der Waals surface area contributed by atoms with Crippen LogP contribution in [0.25, 0.3) is 10.9 Å². The molecule has 8 nitrogen and oxygen atoms in total. The third-order valence-corrected chi connectivity index (χ3v) is 7.28. The van der Waals surface area contributed by atoms with Crippen LogP contribution >= 0.6 is 15.9 Å². The average molecular weight is 610 g/mol. The third kappa shape index (κ3) is 6.54. The van der Waals surface area contributed by atoms with Gasteiger partial charge in [-0.15, -0.1) is 0 Å². The second-order valence-corrected chi connectivity index (χ2v) is 11.4. The first-order chi connectivity index (χ1) is 19.0. The Balaban J connectivity index is 2.06. The van der Waals surface area contributed by atoms with Gasteiger partial charge in [-0.25, -0.2) is 4.98 Å². The van der Waals surface area contributed by atoms with Gasteiger partial charge in [-0.05, 0) is 88.8 Å². The van der Waals surface area contributed by atoms with Crippen molar-refractivity contribution in [3.63, 3.8) is 0 Å². The average Bonchev–Trinajstić information content (AvgIpc) is 2.91. The molecule has 212 valence electrons. The van der Waals surface area contributed by atoms with E-state index in [2.05, 4.69) is 36.9 Å². The summed E-state index contributed by atoms with van der Waals surface area (Å²) in [7, 11) is 7.14. The lowest BCUT2D eigenvalue weighted by Gasteiger charge is -2.39. The minimum absolute atomic E-state index is 0.107. The first-order valence-electron chi connectivity index (χ1n) is 13.2. The van der Waals surface area contributed by atoms with Gasteiger partial charge < -0.3 is 24.2 Å². The monoisotopic (exact) mass is 608 g/mol. The zero-order valence-electron chi connectivity index (χ0n) is 24.1. The number of aliphatic hydroxyl groups is 1. The summed E-state index contributed by atoms with van der Waals surface area (Å²) in [5.74, 6) is 0.592. The number of aryl methyl sites for hydroxylation is 1. The number of aromatic nitrogens is 3. The number of rotatable bonds is 11. The lowest BCUT2D eigenvalue weighted by atomic mass is 9.72. The maximum absolute atomic E-state index is 13.0. The van der Waals surface area contributed by atoms with E-state index in [0.29, 0.717) is 36.2 Å². The summed E-state index contributed by atoms with van der Waals surface area (Å²) >= 11 is 3.59. The number of hydrogen-bond acceptors (Lipinski definition) is 8. The van der Waals surface area contributed by atoms with E-state index in [4.69, 9.17) is 19.2 Å². The summed E-state index contributed by atoms with van der Waals surface area (Å²) in [6.07, 6.45) is 2.05. The standard InChI is InChI=1S/C31H37BrN4O4/c1-19(2)40-28-18-23(17-27(35-28)38-6)31(37,11-13-36(4)5)29(21-10-12-33-20(3)14-21)25-16-22-15-24(32)8-9-26(22)34-30(25)39-7/h8-10,12,14-19,29,37H,11,13H2,1-7H3. The normalized spacial score (nSPS) is 13.9. The zero-order chi connectivity index (χ0) is 29.0. The van der Waals surface area contributed by atoms with E-state index in [0.717, 1.165) is 32.2 Å². The summed E-state index contributed by atoms with van der Waals surface area (Å²) in [6.45, 7) is 6.42. The molecule has 0 fully saturated rings. The van der Waals surface area contributed by atoms with Gasteiger partial charge in [0.25, 0.3) is 0 Å². The molecule has 9 heteroatoms. The fraction of sp³-hybridized carbons (Fsp3) is 0.387. The number of ether oxygens (including phenoxy) is 3. The van der Waals surface area contributed by atoms with Gasteiger partial charge >= 0.3 is 0 Å². The van der Waals surface area contributed by atoms with Crippen LogP contribution in [0.1, 0.15) is 48.6 Å². The molecule has 2 unspecified atom stereocenters. The fourth-order valence-electron chi connectivity index (χ4n) is 4.96.